The van der Waals surface area contributed by atoms with Crippen molar-refractivity contribution in [1.29, 1.82) is 0 Å². The fraction of sp³-hybridized carbons (Fsp3) is 0.714. The van der Waals surface area contributed by atoms with E-state index in [4.69, 9.17) is 4.74 Å². The molecule has 0 aliphatic carbocycles. The van der Waals surface area contributed by atoms with Crippen molar-refractivity contribution in [3.63, 3.8) is 0 Å². The van der Waals surface area contributed by atoms with Crippen molar-refractivity contribution in [2.24, 2.45) is 5.92 Å². The quantitative estimate of drug-likeness (QED) is 0.800. The van der Waals surface area contributed by atoms with Crippen molar-refractivity contribution in [3.8, 4) is 0 Å². The van der Waals surface area contributed by atoms with Gasteiger partial charge in [0.05, 0.1) is 0 Å². The van der Waals surface area contributed by atoms with Gasteiger partial charge in [0.15, 0.2) is 0 Å². The molecule has 7 heteroatoms. The molecule has 0 unspecified atom stereocenters. The Labute approximate surface area is 131 Å². The average molecular weight is 332 g/mol. The highest BCUT2D eigenvalue weighted by molar-refractivity contribution is 7.91. The Morgan fingerprint density at radius 2 is 2.10 bits per heavy atom. The smallest absolute Gasteiger partial charge is 0.250 e. The summed E-state index contributed by atoms with van der Waals surface area (Å²) < 4.78 is 33.2. The van der Waals surface area contributed by atoms with E-state index in [1.165, 1.54) is 11.3 Å². The number of ether oxygens (including phenoxy) is 1. The summed E-state index contributed by atoms with van der Waals surface area (Å²) in [5, 5.41) is 3.24. The summed E-state index contributed by atoms with van der Waals surface area (Å²) in [6, 6.07) is 1.77. The first-order chi connectivity index (χ1) is 10.0. The van der Waals surface area contributed by atoms with Gasteiger partial charge >= 0.3 is 0 Å². The summed E-state index contributed by atoms with van der Waals surface area (Å²) in [5.41, 5.74) is 1.03. The van der Waals surface area contributed by atoms with E-state index in [-0.39, 0.29) is 0 Å². The highest BCUT2D eigenvalue weighted by Gasteiger charge is 2.21. The van der Waals surface area contributed by atoms with Gasteiger partial charge in [0.2, 0.25) is 10.0 Å². The molecule has 1 aromatic rings. The molecule has 1 aromatic heterocycles. The Bertz CT molecular complexity index is 549. The number of hydrogen-bond acceptors (Lipinski definition) is 5. The Hall–Kier alpha value is -0.470. The van der Waals surface area contributed by atoms with Gasteiger partial charge in [-0.2, -0.15) is 0 Å². The third kappa shape index (κ3) is 4.75. The molecule has 2 rings (SSSR count). The van der Waals surface area contributed by atoms with Crippen molar-refractivity contribution >= 4 is 21.4 Å². The van der Waals surface area contributed by atoms with Gasteiger partial charge < -0.3 is 10.1 Å². The molecule has 21 heavy (non-hydrogen) atoms. The van der Waals surface area contributed by atoms with Crippen molar-refractivity contribution in [3.05, 3.63) is 16.5 Å². The minimum absolute atomic E-state index is 0.385. The molecule has 1 aliphatic rings. The molecule has 2 heterocycles. The zero-order valence-corrected chi connectivity index (χ0v) is 14.3. The lowest BCUT2D eigenvalue weighted by Gasteiger charge is -2.21. The summed E-state index contributed by atoms with van der Waals surface area (Å²) in [5.74, 6) is 0.385. The van der Waals surface area contributed by atoms with Crippen molar-refractivity contribution in [2.75, 3.05) is 26.3 Å². The standard InChI is InChI=1S/C14H24N2O3S2/c1-3-15-10-13-11(2)8-14(20-13)21(17,18)16-9-12-4-6-19-7-5-12/h8,12,15-16H,3-7,9-10H2,1-2H3. The summed E-state index contributed by atoms with van der Waals surface area (Å²) in [7, 11) is -3.39. The first-order valence-electron chi connectivity index (χ1n) is 7.40. The van der Waals surface area contributed by atoms with Crippen molar-refractivity contribution in [1.82, 2.24) is 10.0 Å². The van der Waals surface area contributed by atoms with Crippen LogP contribution in [0.15, 0.2) is 10.3 Å². The van der Waals surface area contributed by atoms with Crippen LogP contribution in [0.5, 0.6) is 0 Å². The normalized spacial score (nSPS) is 17.2. The third-order valence-corrected chi connectivity index (χ3v) is 6.84. The van der Waals surface area contributed by atoms with Gasteiger partial charge in [-0.05, 0) is 43.9 Å². The molecule has 1 saturated heterocycles. The number of sulfonamides is 1. The molecule has 1 aliphatic heterocycles. The lowest BCUT2D eigenvalue weighted by molar-refractivity contribution is 0.0678. The third-order valence-electron chi connectivity index (χ3n) is 3.70. The van der Waals surface area contributed by atoms with Crippen molar-refractivity contribution in [2.45, 2.75) is 37.4 Å². The molecule has 0 aromatic carbocycles. The van der Waals surface area contributed by atoms with Gasteiger partial charge in [0.25, 0.3) is 0 Å². The van der Waals surface area contributed by atoms with E-state index < -0.39 is 10.0 Å². The maximum atomic E-state index is 12.4. The second kappa shape index (κ2) is 7.69. The SMILES string of the molecule is CCNCc1sc(S(=O)(=O)NCC2CCOCC2)cc1C. The largest absolute Gasteiger partial charge is 0.381 e. The van der Waals surface area contributed by atoms with Crippen molar-refractivity contribution < 1.29 is 13.2 Å². The summed E-state index contributed by atoms with van der Waals surface area (Å²) in [6.07, 6.45) is 1.86. The van der Waals surface area contributed by atoms with Gasteiger partial charge in [0.1, 0.15) is 4.21 Å². The molecule has 0 amide bonds. The Balaban J connectivity index is 1.98. The van der Waals surface area contributed by atoms with E-state index >= 15 is 0 Å². The van der Waals surface area contributed by atoms with E-state index in [0.29, 0.717) is 16.7 Å². The van der Waals surface area contributed by atoms with E-state index in [1.807, 2.05) is 13.8 Å². The summed E-state index contributed by atoms with van der Waals surface area (Å²) >= 11 is 1.36. The van der Waals surface area contributed by atoms with Crippen LogP contribution in [0.2, 0.25) is 0 Å². The van der Waals surface area contributed by atoms with E-state index in [0.717, 1.165) is 49.6 Å². The Morgan fingerprint density at radius 3 is 2.76 bits per heavy atom. The van der Waals surface area contributed by atoms with Crippen LogP contribution in [-0.2, 0) is 21.3 Å². The van der Waals surface area contributed by atoms with Crippen LogP contribution in [0.4, 0.5) is 0 Å². The predicted molar refractivity (Wildman–Crippen MR) is 85.2 cm³/mol. The minimum Gasteiger partial charge on any atom is -0.381 e. The number of thiophene rings is 1. The predicted octanol–water partition coefficient (Wildman–Crippen LogP) is 1.87. The highest BCUT2D eigenvalue weighted by atomic mass is 32.2. The lowest BCUT2D eigenvalue weighted by Crippen LogP contribution is -2.31. The number of hydrogen-bond donors (Lipinski definition) is 2. The molecule has 120 valence electrons. The molecule has 0 spiro atoms. The minimum atomic E-state index is -3.39. The fourth-order valence-electron chi connectivity index (χ4n) is 2.28. The molecular weight excluding hydrogens is 308 g/mol. The van der Waals surface area contributed by atoms with Crippen LogP contribution in [0.3, 0.4) is 0 Å². The summed E-state index contributed by atoms with van der Waals surface area (Å²) in [6.45, 7) is 7.57. The molecule has 0 saturated carbocycles. The Morgan fingerprint density at radius 1 is 1.38 bits per heavy atom. The zero-order chi connectivity index (χ0) is 15.3. The van der Waals surface area contributed by atoms with Crippen LogP contribution in [0, 0.1) is 12.8 Å². The molecule has 0 atom stereocenters. The molecule has 2 N–H and O–H groups in total. The molecular formula is C14H24N2O3S2. The van der Waals surface area contributed by atoms with Crippen LogP contribution >= 0.6 is 11.3 Å². The maximum absolute atomic E-state index is 12.4. The lowest BCUT2D eigenvalue weighted by atomic mass is 10.0. The average Bonchev–Trinajstić information content (AvgIpc) is 2.86. The first-order valence-corrected chi connectivity index (χ1v) is 9.70. The van der Waals surface area contributed by atoms with Crippen LogP contribution in [0.25, 0.3) is 0 Å². The van der Waals surface area contributed by atoms with Crippen LogP contribution in [0.1, 0.15) is 30.2 Å². The van der Waals surface area contributed by atoms with E-state index in [9.17, 15) is 8.42 Å². The highest BCUT2D eigenvalue weighted by Crippen LogP contribution is 2.26. The first kappa shape index (κ1) is 16.9. The second-order valence-electron chi connectivity index (χ2n) is 5.36. The van der Waals surface area contributed by atoms with Gasteiger partial charge in [-0.25, -0.2) is 13.1 Å². The van der Waals surface area contributed by atoms with Gasteiger partial charge in [-0.15, -0.1) is 11.3 Å². The monoisotopic (exact) mass is 332 g/mol. The number of rotatable bonds is 7. The van der Waals surface area contributed by atoms with Gasteiger partial charge in [-0.1, -0.05) is 6.92 Å². The summed E-state index contributed by atoms with van der Waals surface area (Å²) in [4.78, 5) is 1.09. The zero-order valence-electron chi connectivity index (χ0n) is 12.6. The van der Waals surface area contributed by atoms with Gasteiger partial charge in [-0.3, -0.25) is 0 Å². The number of nitrogens with one attached hydrogen (secondary N) is 2. The molecule has 5 nitrogen and oxygen atoms in total. The van der Waals surface area contributed by atoms with Crippen LogP contribution < -0.4 is 10.0 Å². The van der Waals surface area contributed by atoms with E-state index in [1.54, 1.807) is 6.07 Å². The fourth-order valence-corrected chi connectivity index (χ4v) is 5.00. The maximum Gasteiger partial charge on any atom is 0.250 e. The molecule has 1 fully saturated rings. The Kier molecular flexibility index (Phi) is 6.19. The van der Waals surface area contributed by atoms with Crippen LogP contribution in [-0.4, -0.2) is 34.7 Å². The van der Waals surface area contributed by atoms with E-state index in [2.05, 4.69) is 10.0 Å². The molecule has 0 radical (unpaired) electrons. The second-order valence-corrected chi connectivity index (χ2v) is 8.49. The topological polar surface area (TPSA) is 67.4 Å². The molecule has 0 bridgehead atoms. The number of aryl methyl sites for hydroxylation is 1. The van der Waals surface area contributed by atoms with Gasteiger partial charge in [0, 0.05) is 31.2 Å².